The Hall–Kier alpha value is -0.570. The van der Waals surface area contributed by atoms with Gasteiger partial charge in [0.1, 0.15) is 6.04 Å². The molecule has 0 saturated heterocycles. The highest BCUT2D eigenvalue weighted by atomic mass is 16.4. The fourth-order valence-corrected chi connectivity index (χ4v) is 2.44. The van der Waals surface area contributed by atoms with Gasteiger partial charge in [-0.1, -0.05) is 33.1 Å². The highest BCUT2D eigenvalue weighted by Gasteiger charge is 2.20. The van der Waals surface area contributed by atoms with E-state index in [0.717, 1.165) is 13.0 Å². The van der Waals surface area contributed by atoms with Gasteiger partial charge < -0.3 is 10.4 Å². The largest absolute Gasteiger partial charge is 0.480 e. The molecule has 1 unspecified atom stereocenters. The summed E-state index contributed by atoms with van der Waals surface area (Å²) in [5, 5.41) is 12.3. The minimum atomic E-state index is -0.704. The van der Waals surface area contributed by atoms with E-state index in [0.29, 0.717) is 11.8 Å². The second kappa shape index (κ2) is 6.89. The van der Waals surface area contributed by atoms with E-state index in [1.807, 2.05) is 0 Å². The summed E-state index contributed by atoms with van der Waals surface area (Å²) < 4.78 is 0. The summed E-state index contributed by atoms with van der Waals surface area (Å²) in [7, 11) is 0. The van der Waals surface area contributed by atoms with Crippen LogP contribution in [0.5, 0.6) is 0 Å². The van der Waals surface area contributed by atoms with Crippen molar-refractivity contribution in [1.29, 1.82) is 0 Å². The number of hydrogen-bond donors (Lipinski definition) is 2. The van der Waals surface area contributed by atoms with Crippen molar-refractivity contribution >= 4 is 5.97 Å². The molecule has 0 aromatic rings. The first-order chi connectivity index (χ1) is 7.59. The molecule has 94 valence electrons. The van der Waals surface area contributed by atoms with Gasteiger partial charge in [-0.25, -0.2) is 0 Å². The van der Waals surface area contributed by atoms with Gasteiger partial charge in [0.25, 0.3) is 0 Å². The van der Waals surface area contributed by atoms with E-state index >= 15 is 0 Å². The highest BCUT2D eigenvalue weighted by Crippen LogP contribution is 2.23. The van der Waals surface area contributed by atoms with Crippen LogP contribution in [-0.2, 0) is 4.79 Å². The van der Waals surface area contributed by atoms with Crippen molar-refractivity contribution in [3.05, 3.63) is 0 Å². The summed E-state index contributed by atoms with van der Waals surface area (Å²) >= 11 is 0. The molecule has 1 aliphatic rings. The molecule has 1 atom stereocenters. The minimum Gasteiger partial charge on any atom is -0.480 e. The summed E-state index contributed by atoms with van der Waals surface area (Å²) in [5.74, 6) is 0.423. The lowest BCUT2D eigenvalue weighted by Gasteiger charge is -2.24. The molecule has 0 heterocycles. The summed E-state index contributed by atoms with van der Waals surface area (Å²) in [4.78, 5) is 11.0. The molecule has 0 radical (unpaired) electrons. The Morgan fingerprint density at radius 1 is 1.31 bits per heavy atom. The van der Waals surface area contributed by atoms with E-state index in [2.05, 4.69) is 19.2 Å². The van der Waals surface area contributed by atoms with E-state index in [1.54, 1.807) is 0 Å². The molecular weight excluding hydrogens is 202 g/mol. The fraction of sp³-hybridized carbons (Fsp3) is 0.923. The molecule has 0 bridgehead atoms. The van der Waals surface area contributed by atoms with Crippen molar-refractivity contribution in [2.24, 2.45) is 11.8 Å². The normalized spacial score (nSPS) is 19.9. The van der Waals surface area contributed by atoms with Gasteiger partial charge in [-0.05, 0) is 37.6 Å². The third-order valence-corrected chi connectivity index (χ3v) is 3.38. The zero-order valence-electron chi connectivity index (χ0n) is 10.5. The first kappa shape index (κ1) is 13.5. The lowest BCUT2D eigenvalue weighted by Crippen LogP contribution is -2.40. The summed E-state index contributed by atoms with van der Waals surface area (Å²) in [6.45, 7) is 5.01. The standard InChI is InChI=1S/C13H25NO2/c1-10(2)8-12(13(15)16)14-9-11-6-4-3-5-7-11/h10-12,14H,3-9H2,1-2H3,(H,15,16). The Morgan fingerprint density at radius 3 is 2.44 bits per heavy atom. The van der Waals surface area contributed by atoms with Crippen LogP contribution in [0.4, 0.5) is 0 Å². The zero-order chi connectivity index (χ0) is 12.0. The monoisotopic (exact) mass is 227 g/mol. The van der Waals surface area contributed by atoms with Gasteiger partial charge >= 0.3 is 5.97 Å². The van der Waals surface area contributed by atoms with Crippen LogP contribution in [0, 0.1) is 11.8 Å². The molecule has 1 aliphatic carbocycles. The Morgan fingerprint density at radius 2 is 1.94 bits per heavy atom. The SMILES string of the molecule is CC(C)CC(NCC1CCCCC1)C(=O)O. The van der Waals surface area contributed by atoms with Crippen molar-refractivity contribution < 1.29 is 9.90 Å². The predicted molar refractivity (Wildman–Crippen MR) is 65.5 cm³/mol. The molecule has 0 aliphatic heterocycles. The molecule has 0 spiro atoms. The third kappa shape index (κ3) is 4.97. The number of carboxylic acids is 1. The fourth-order valence-electron chi connectivity index (χ4n) is 2.44. The van der Waals surface area contributed by atoms with Crippen molar-refractivity contribution in [3.63, 3.8) is 0 Å². The van der Waals surface area contributed by atoms with Crippen molar-refractivity contribution in [2.75, 3.05) is 6.54 Å². The van der Waals surface area contributed by atoms with Crippen molar-refractivity contribution in [3.8, 4) is 0 Å². The van der Waals surface area contributed by atoms with Crippen molar-refractivity contribution in [2.45, 2.75) is 58.4 Å². The van der Waals surface area contributed by atoms with Crippen LogP contribution < -0.4 is 5.32 Å². The first-order valence-electron chi connectivity index (χ1n) is 6.55. The predicted octanol–water partition coefficient (Wildman–Crippen LogP) is 2.66. The van der Waals surface area contributed by atoms with Crippen LogP contribution in [-0.4, -0.2) is 23.7 Å². The molecule has 0 aromatic heterocycles. The molecule has 0 aromatic carbocycles. The summed E-state index contributed by atoms with van der Waals surface area (Å²) in [6, 6.07) is -0.359. The van der Waals surface area contributed by atoms with E-state index in [1.165, 1.54) is 32.1 Å². The molecular formula is C13H25NO2. The molecule has 2 N–H and O–H groups in total. The van der Waals surface area contributed by atoms with E-state index in [4.69, 9.17) is 5.11 Å². The Kier molecular flexibility index (Phi) is 5.81. The Bertz CT molecular complexity index is 210. The second-order valence-corrected chi connectivity index (χ2v) is 5.43. The van der Waals surface area contributed by atoms with E-state index in [-0.39, 0.29) is 6.04 Å². The number of carbonyl (C=O) groups is 1. The number of nitrogens with one attached hydrogen (secondary N) is 1. The average Bonchev–Trinajstić information content (AvgIpc) is 2.25. The molecule has 3 heteroatoms. The van der Waals surface area contributed by atoms with Gasteiger partial charge in [0, 0.05) is 0 Å². The van der Waals surface area contributed by atoms with Crippen LogP contribution in [0.25, 0.3) is 0 Å². The van der Waals surface area contributed by atoms with E-state index in [9.17, 15) is 4.79 Å². The topological polar surface area (TPSA) is 49.3 Å². The second-order valence-electron chi connectivity index (χ2n) is 5.43. The number of hydrogen-bond acceptors (Lipinski definition) is 2. The van der Waals surface area contributed by atoms with Gasteiger partial charge in [-0.2, -0.15) is 0 Å². The van der Waals surface area contributed by atoms with Crippen LogP contribution in [0.2, 0.25) is 0 Å². The highest BCUT2D eigenvalue weighted by molar-refractivity contribution is 5.73. The van der Waals surface area contributed by atoms with Gasteiger partial charge in [0.2, 0.25) is 0 Å². The summed E-state index contributed by atoms with van der Waals surface area (Å²) in [6.07, 6.45) is 7.23. The maximum absolute atomic E-state index is 11.0. The minimum absolute atomic E-state index is 0.359. The zero-order valence-corrected chi connectivity index (χ0v) is 10.5. The molecule has 1 rings (SSSR count). The maximum atomic E-state index is 11.0. The Labute approximate surface area is 98.6 Å². The quantitative estimate of drug-likeness (QED) is 0.733. The van der Waals surface area contributed by atoms with Crippen molar-refractivity contribution in [1.82, 2.24) is 5.32 Å². The first-order valence-corrected chi connectivity index (χ1v) is 6.55. The number of aliphatic carboxylic acids is 1. The molecule has 3 nitrogen and oxygen atoms in total. The number of rotatable bonds is 6. The van der Waals surface area contributed by atoms with Gasteiger partial charge in [0.15, 0.2) is 0 Å². The van der Waals surface area contributed by atoms with Crippen LogP contribution in [0.1, 0.15) is 52.4 Å². The molecule has 1 saturated carbocycles. The number of carboxylic acid groups (broad SMARTS) is 1. The smallest absolute Gasteiger partial charge is 0.320 e. The van der Waals surface area contributed by atoms with Crippen LogP contribution in [0.15, 0.2) is 0 Å². The molecule has 1 fully saturated rings. The maximum Gasteiger partial charge on any atom is 0.320 e. The lowest BCUT2D eigenvalue weighted by atomic mass is 9.89. The van der Waals surface area contributed by atoms with Crippen LogP contribution in [0.3, 0.4) is 0 Å². The Balaban J connectivity index is 2.28. The lowest BCUT2D eigenvalue weighted by molar-refractivity contribution is -0.140. The van der Waals surface area contributed by atoms with Gasteiger partial charge in [0.05, 0.1) is 0 Å². The molecule has 0 amide bonds. The van der Waals surface area contributed by atoms with Gasteiger partial charge in [-0.3, -0.25) is 4.79 Å². The summed E-state index contributed by atoms with van der Waals surface area (Å²) in [5.41, 5.74) is 0. The third-order valence-electron chi connectivity index (χ3n) is 3.38. The molecule has 16 heavy (non-hydrogen) atoms. The van der Waals surface area contributed by atoms with Gasteiger partial charge in [-0.15, -0.1) is 0 Å². The van der Waals surface area contributed by atoms with E-state index < -0.39 is 5.97 Å². The average molecular weight is 227 g/mol. The van der Waals surface area contributed by atoms with Crippen LogP contribution >= 0.6 is 0 Å².